The number of hydrazone groups is 1. The predicted molar refractivity (Wildman–Crippen MR) is 149 cm³/mol. The van der Waals surface area contributed by atoms with Crippen LogP contribution in [0.2, 0.25) is 0 Å². The summed E-state index contributed by atoms with van der Waals surface area (Å²) in [4.78, 5) is 15.1. The number of carbonyl (C=O) groups excluding carboxylic acids is 1. The van der Waals surface area contributed by atoms with E-state index in [1.165, 1.54) is 16.7 Å². The van der Waals surface area contributed by atoms with Gasteiger partial charge in [-0.2, -0.15) is 5.10 Å². The van der Waals surface area contributed by atoms with Crippen LogP contribution in [0.1, 0.15) is 44.0 Å². The lowest BCUT2D eigenvalue weighted by atomic mass is 9.99. The molecule has 0 atom stereocenters. The van der Waals surface area contributed by atoms with Gasteiger partial charge in [0, 0.05) is 46.6 Å². The number of halogens is 1. The molecular formula is C30H29BrN4O. The molecule has 182 valence electrons. The molecule has 0 spiro atoms. The van der Waals surface area contributed by atoms with Crippen molar-refractivity contribution < 1.29 is 4.79 Å². The number of hydrogen-bond donors (Lipinski definition) is 1. The molecule has 0 fully saturated rings. The Labute approximate surface area is 220 Å². The van der Waals surface area contributed by atoms with Crippen LogP contribution >= 0.6 is 15.9 Å². The molecule has 4 aromatic rings. The zero-order chi connectivity index (χ0) is 25.1. The van der Waals surface area contributed by atoms with E-state index in [0.29, 0.717) is 5.56 Å². The molecule has 1 amide bonds. The minimum atomic E-state index is -0.218. The zero-order valence-corrected chi connectivity index (χ0v) is 22.1. The molecule has 6 heteroatoms. The quantitative estimate of drug-likeness (QED) is 0.234. The predicted octanol–water partition coefficient (Wildman–Crippen LogP) is 6.18. The lowest BCUT2D eigenvalue weighted by Crippen LogP contribution is -2.30. The zero-order valence-electron chi connectivity index (χ0n) is 20.5. The van der Waals surface area contributed by atoms with E-state index in [9.17, 15) is 4.79 Å². The second kappa shape index (κ2) is 10.6. The fourth-order valence-corrected chi connectivity index (χ4v) is 5.32. The molecule has 1 N–H and O–H groups in total. The van der Waals surface area contributed by atoms with Gasteiger partial charge in [-0.05, 0) is 83.2 Å². The van der Waals surface area contributed by atoms with Crippen LogP contribution in [-0.2, 0) is 19.5 Å². The first-order chi connectivity index (χ1) is 17.5. The highest BCUT2D eigenvalue weighted by atomic mass is 79.9. The van der Waals surface area contributed by atoms with Crippen molar-refractivity contribution in [1.82, 2.24) is 14.9 Å². The lowest BCUT2D eigenvalue weighted by Gasteiger charge is -2.28. The molecule has 3 aromatic carbocycles. The Morgan fingerprint density at radius 3 is 2.50 bits per heavy atom. The van der Waals surface area contributed by atoms with Crippen LogP contribution in [0.15, 0.2) is 88.4 Å². The summed E-state index contributed by atoms with van der Waals surface area (Å²) in [7, 11) is 0. The van der Waals surface area contributed by atoms with Gasteiger partial charge in [0.25, 0.3) is 5.91 Å². The molecule has 2 heterocycles. The number of aromatic nitrogens is 1. The van der Waals surface area contributed by atoms with E-state index in [4.69, 9.17) is 0 Å². The topological polar surface area (TPSA) is 49.6 Å². The minimum Gasteiger partial charge on any atom is -0.317 e. The van der Waals surface area contributed by atoms with Gasteiger partial charge in [-0.3, -0.25) is 9.69 Å². The summed E-state index contributed by atoms with van der Waals surface area (Å²) in [5.74, 6) is -0.218. The molecule has 0 bridgehead atoms. The molecule has 5 rings (SSSR count). The summed E-state index contributed by atoms with van der Waals surface area (Å²) in [5, 5.41) is 4.23. The summed E-state index contributed by atoms with van der Waals surface area (Å²) >= 11 is 3.63. The van der Waals surface area contributed by atoms with Crippen LogP contribution in [0, 0.1) is 13.8 Å². The molecular weight excluding hydrogens is 512 g/mol. The van der Waals surface area contributed by atoms with Gasteiger partial charge in [0.2, 0.25) is 0 Å². The number of amides is 1. The Morgan fingerprint density at radius 2 is 1.72 bits per heavy atom. The summed E-state index contributed by atoms with van der Waals surface area (Å²) in [6.45, 7) is 7.01. The third-order valence-electron chi connectivity index (χ3n) is 6.77. The van der Waals surface area contributed by atoms with Crippen LogP contribution in [-0.4, -0.2) is 28.1 Å². The van der Waals surface area contributed by atoms with Crippen molar-refractivity contribution in [2.75, 3.05) is 6.54 Å². The van der Waals surface area contributed by atoms with Crippen LogP contribution < -0.4 is 5.43 Å². The molecule has 0 saturated carbocycles. The Morgan fingerprint density at radius 1 is 1.00 bits per heavy atom. The normalized spacial score (nSPS) is 13.6. The van der Waals surface area contributed by atoms with Gasteiger partial charge in [-0.25, -0.2) is 5.43 Å². The Bertz CT molecular complexity index is 1420. The molecule has 1 aromatic heterocycles. The van der Waals surface area contributed by atoms with Gasteiger partial charge in [0.1, 0.15) is 0 Å². The maximum Gasteiger partial charge on any atom is 0.271 e. The van der Waals surface area contributed by atoms with E-state index in [2.05, 4.69) is 86.2 Å². The number of fused-ring (bicyclic) bond motifs is 1. The van der Waals surface area contributed by atoms with Crippen molar-refractivity contribution in [3.8, 4) is 5.69 Å². The van der Waals surface area contributed by atoms with Crippen molar-refractivity contribution in [3.05, 3.63) is 123 Å². The molecule has 0 aliphatic carbocycles. The number of nitrogens with zero attached hydrogens (tertiary/aromatic N) is 3. The first-order valence-electron chi connectivity index (χ1n) is 12.1. The van der Waals surface area contributed by atoms with Gasteiger partial charge in [-0.15, -0.1) is 0 Å². The Hall–Kier alpha value is -3.48. The standard InChI is InChI=1S/C30H29BrN4O/c1-21-17-27(22(2)35(21)29-10-6-5-9-28(29)31)18-32-33-30(36)25-13-11-23(12-14-25)19-34-16-15-24-7-3-4-8-26(24)20-34/h3-14,17-18H,15-16,19-20H2,1-2H3,(H,33,36)/b32-18-. The molecule has 1 aliphatic rings. The first-order valence-corrected chi connectivity index (χ1v) is 12.9. The number of benzene rings is 3. The Kier molecular flexibility index (Phi) is 7.16. The van der Waals surface area contributed by atoms with Crippen LogP contribution in [0.3, 0.4) is 0 Å². The minimum absolute atomic E-state index is 0.218. The monoisotopic (exact) mass is 540 g/mol. The second-order valence-corrected chi connectivity index (χ2v) is 10.1. The van der Waals surface area contributed by atoms with Gasteiger partial charge >= 0.3 is 0 Å². The third-order valence-corrected chi connectivity index (χ3v) is 7.44. The number of hydrogen-bond acceptors (Lipinski definition) is 3. The van der Waals surface area contributed by atoms with Gasteiger partial charge in [0.05, 0.1) is 11.9 Å². The smallest absolute Gasteiger partial charge is 0.271 e. The molecule has 0 unspecified atom stereocenters. The first kappa shape index (κ1) is 24.2. The summed E-state index contributed by atoms with van der Waals surface area (Å²) < 4.78 is 3.20. The Balaban J connectivity index is 1.20. The summed E-state index contributed by atoms with van der Waals surface area (Å²) in [5.41, 5.74) is 11.5. The van der Waals surface area contributed by atoms with Crippen molar-refractivity contribution in [3.63, 3.8) is 0 Å². The largest absolute Gasteiger partial charge is 0.317 e. The van der Waals surface area contributed by atoms with E-state index in [1.807, 2.05) is 42.5 Å². The maximum atomic E-state index is 12.7. The van der Waals surface area contributed by atoms with E-state index < -0.39 is 0 Å². The van der Waals surface area contributed by atoms with Gasteiger partial charge < -0.3 is 4.57 Å². The number of carbonyl (C=O) groups is 1. The van der Waals surface area contributed by atoms with Crippen molar-refractivity contribution in [2.45, 2.75) is 33.4 Å². The number of para-hydroxylation sites is 1. The molecule has 0 saturated heterocycles. The number of aryl methyl sites for hydroxylation is 1. The fraction of sp³-hybridized carbons (Fsp3) is 0.200. The van der Waals surface area contributed by atoms with Crippen molar-refractivity contribution >= 4 is 28.1 Å². The highest BCUT2D eigenvalue weighted by Gasteiger charge is 2.16. The summed E-state index contributed by atoms with van der Waals surface area (Å²) in [6, 6.07) is 26.7. The highest BCUT2D eigenvalue weighted by Crippen LogP contribution is 2.26. The molecule has 1 aliphatic heterocycles. The second-order valence-electron chi connectivity index (χ2n) is 9.24. The summed E-state index contributed by atoms with van der Waals surface area (Å²) in [6.07, 6.45) is 2.79. The van der Waals surface area contributed by atoms with Crippen molar-refractivity contribution in [2.24, 2.45) is 5.10 Å². The molecule has 0 radical (unpaired) electrons. The van der Waals surface area contributed by atoms with E-state index in [-0.39, 0.29) is 5.91 Å². The van der Waals surface area contributed by atoms with Gasteiger partial charge in [0.15, 0.2) is 0 Å². The highest BCUT2D eigenvalue weighted by molar-refractivity contribution is 9.10. The van der Waals surface area contributed by atoms with Crippen LogP contribution in [0.5, 0.6) is 0 Å². The SMILES string of the molecule is Cc1cc(/C=N\NC(=O)c2ccc(CN3CCc4ccccc4C3)cc2)c(C)n1-c1ccccc1Br. The number of nitrogens with one attached hydrogen (secondary N) is 1. The lowest BCUT2D eigenvalue weighted by molar-refractivity contribution is 0.0955. The molecule has 5 nitrogen and oxygen atoms in total. The van der Waals surface area contributed by atoms with Crippen molar-refractivity contribution in [1.29, 1.82) is 0 Å². The average Bonchev–Trinajstić information content (AvgIpc) is 3.17. The average molecular weight is 541 g/mol. The maximum absolute atomic E-state index is 12.7. The van der Waals surface area contributed by atoms with E-state index in [0.717, 1.165) is 53.2 Å². The van der Waals surface area contributed by atoms with E-state index >= 15 is 0 Å². The van der Waals surface area contributed by atoms with Crippen LogP contribution in [0.4, 0.5) is 0 Å². The van der Waals surface area contributed by atoms with E-state index in [1.54, 1.807) is 6.21 Å². The third kappa shape index (κ3) is 5.20. The number of rotatable bonds is 6. The molecule has 36 heavy (non-hydrogen) atoms. The fourth-order valence-electron chi connectivity index (χ4n) is 4.86. The van der Waals surface area contributed by atoms with Gasteiger partial charge in [-0.1, -0.05) is 48.5 Å². The van der Waals surface area contributed by atoms with Crippen LogP contribution in [0.25, 0.3) is 5.69 Å².